The van der Waals surface area contributed by atoms with Gasteiger partial charge in [-0.05, 0) is 13.8 Å². The lowest BCUT2D eigenvalue weighted by Crippen LogP contribution is -2.38. The first-order valence-corrected chi connectivity index (χ1v) is 5.44. The summed E-state index contributed by atoms with van der Waals surface area (Å²) in [6.45, 7) is 2.85. The zero-order valence-corrected chi connectivity index (χ0v) is 8.53. The maximum Gasteiger partial charge on any atom is 0.165 e. The third-order valence-electron chi connectivity index (χ3n) is 1.47. The number of halogens is 1. The summed E-state index contributed by atoms with van der Waals surface area (Å²) < 4.78 is 20.6. The standard InChI is InChI=1S/C5H11BrO3S/c1-4(7)5(2,6)10(3,8)9/h4,7H,1-3H3/t4-,5-/m1/s1. The minimum atomic E-state index is -3.23. The molecule has 0 saturated carbocycles. The largest absolute Gasteiger partial charge is 0.391 e. The molecule has 0 aliphatic rings. The van der Waals surface area contributed by atoms with E-state index in [9.17, 15) is 8.42 Å². The van der Waals surface area contributed by atoms with E-state index in [-0.39, 0.29) is 0 Å². The molecule has 0 radical (unpaired) electrons. The summed E-state index contributed by atoms with van der Waals surface area (Å²) in [7, 11) is -3.23. The molecule has 0 aromatic carbocycles. The van der Waals surface area contributed by atoms with E-state index in [1.165, 1.54) is 13.8 Å². The number of hydrogen-bond acceptors (Lipinski definition) is 3. The number of rotatable bonds is 2. The van der Waals surface area contributed by atoms with Gasteiger partial charge in [0, 0.05) is 6.26 Å². The van der Waals surface area contributed by atoms with E-state index in [0.29, 0.717) is 0 Å². The molecule has 0 saturated heterocycles. The second-order valence-electron chi connectivity index (χ2n) is 2.43. The smallest absolute Gasteiger partial charge is 0.165 e. The molecule has 0 aliphatic heterocycles. The van der Waals surface area contributed by atoms with Gasteiger partial charge in [0.15, 0.2) is 9.84 Å². The van der Waals surface area contributed by atoms with Gasteiger partial charge in [0.1, 0.15) is 3.66 Å². The van der Waals surface area contributed by atoms with Crippen molar-refractivity contribution in [1.82, 2.24) is 0 Å². The van der Waals surface area contributed by atoms with Crippen molar-refractivity contribution in [1.29, 1.82) is 0 Å². The molecular weight excluding hydrogens is 220 g/mol. The van der Waals surface area contributed by atoms with Crippen LogP contribution in [0.15, 0.2) is 0 Å². The Morgan fingerprint density at radius 2 is 1.90 bits per heavy atom. The van der Waals surface area contributed by atoms with Gasteiger partial charge in [0.05, 0.1) is 6.10 Å². The van der Waals surface area contributed by atoms with Crippen LogP contribution in [0.3, 0.4) is 0 Å². The minimum absolute atomic E-state index is 0.914. The van der Waals surface area contributed by atoms with Crippen molar-refractivity contribution in [3.8, 4) is 0 Å². The predicted molar refractivity (Wildman–Crippen MR) is 43.9 cm³/mol. The molecule has 0 spiro atoms. The quantitative estimate of drug-likeness (QED) is 0.705. The molecular formula is C5H11BrO3S. The van der Waals surface area contributed by atoms with E-state index >= 15 is 0 Å². The summed E-state index contributed by atoms with van der Waals surface area (Å²) >= 11 is 2.93. The lowest BCUT2D eigenvalue weighted by molar-refractivity contribution is 0.185. The molecule has 62 valence electrons. The van der Waals surface area contributed by atoms with Crippen LogP contribution in [0.2, 0.25) is 0 Å². The summed E-state index contributed by atoms with van der Waals surface area (Å²) in [6, 6.07) is 0. The second kappa shape index (κ2) is 2.79. The molecule has 0 aromatic rings. The van der Waals surface area contributed by atoms with Crippen molar-refractivity contribution in [3.63, 3.8) is 0 Å². The highest BCUT2D eigenvalue weighted by molar-refractivity contribution is 9.11. The molecule has 0 aromatic heterocycles. The first-order chi connectivity index (χ1) is 4.19. The Morgan fingerprint density at radius 1 is 1.60 bits per heavy atom. The molecule has 0 rings (SSSR count). The molecule has 0 heterocycles. The van der Waals surface area contributed by atoms with Gasteiger partial charge in [-0.25, -0.2) is 8.42 Å². The Kier molecular flexibility index (Phi) is 2.90. The molecule has 5 heteroatoms. The number of aliphatic hydroxyl groups excluding tert-OH is 1. The van der Waals surface area contributed by atoms with Crippen molar-refractivity contribution >= 4 is 25.8 Å². The topological polar surface area (TPSA) is 54.4 Å². The maximum absolute atomic E-state index is 10.9. The number of aliphatic hydroxyl groups is 1. The fraction of sp³-hybridized carbons (Fsp3) is 1.00. The fourth-order valence-electron chi connectivity index (χ4n) is 0.310. The van der Waals surface area contributed by atoms with Gasteiger partial charge in [0.2, 0.25) is 0 Å². The van der Waals surface area contributed by atoms with Crippen molar-refractivity contribution in [2.24, 2.45) is 0 Å². The van der Waals surface area contributed by atoms with Crippen molar-refractivity contribution < 1.29 is 13.5 Å². The first-order valence-electron chi connectivity index (χ1n) is 2.76. The Bertz CT molecular complexity index is 205. The normalized spacial score (nSPS) is 21.7. The lowest BCUT2D eigenvalue weighted by atomic mass is 10.3. The molecule has 1 N–H and O–H groups in total. The van der Waals surface area contributed by atoms with Crippen molar-refractivity contribution in [3.05, 3.63) is 0 Å². The summed E-state index contributed by atoms with van der Waals surface area (Å²) in [5.74, 6) is 0. The number of sulfone groups is 1. The van der Waals surface area contributed by atoms with E-state index < -0.39 is 19.6 Å². The van der Waals surface area contributed by atoms with E-state index in [0.717, 1.165) is 6.26 Å². The Hall–Kier alpha value is 0.390. The maximum atomic E-state index is 10.9. The molecule has 10 heavy (non-hydrogen) atoms. The van der Waals surface area contributed by atoms with Crippen molar-refractivity contribution in [2.45, 2.75) is 23.6 Å². The molecule has 2 atom stereocenters. The van der Waals surface area contributed by atoms with E-state index in [1.807, 2.05) is 0 Å². The van der Waals surface area contributed by atoms with Crippen molar-refractivity contribution in [2.75, 3.05) is 6.26 Å². The molecule has 0 unspecified atom stereocenters. The lowest BCUT2D eigenvalue weighted by Gasteiger charge is -2.22. The first kappa shape index (κ1) is 10.4. The monoisotopic (exact) mass is 230 g/mol. The van der Waals surface area contributed by atoms with Crippen LogP contribution in [-0.2, 0) is 9.84 Å². The molecule has 0 bridgehead atoms. The average Bonchev–Trinajstić information content (AvgIpc) is 1.62. The zero-order valence-electron chi connectivity index (χ0n) is 6.13. The minimum Gasteiger partial charge on any atom is -0.391 e. The predicted octanol–water partition coefficient (Wildman–Crippen LogP) is 0.523. The zero-order chi connectivity index (χ0) is 8.58. The van der Waals surface area contributed by atoms with Gasteiger partial charge in [-0.1, -0.05) is 15.9 Å². The van der Waals surface area contributed by atoms with Gasteiger partial charge < -0.3 is 5.11 Å². The SMILES string of the molecule is C[C@@H](O)[C@](C)(Br)S(C)(=O)=O. The third kappa shape index (κ3) is 1.93. The fourth-order valence-corrected chi connectivity index (χ4v) is 0.929. The molecule has 3 nitrogen and oxygen atoms in total. The van der Waals surface area contributed by atoms with Gasteiger partial charge in [-0.2, -0.15) is 0 Å². The third-order valence-corrected chi connectivity index (χ3v) is 5.69. The Morgan fingerprint density at radius 3 is 1.90 bits per heavy atom. The van der Waals surface area contributed by atoms with Gasteiger partial charge in [-0.3, -0.25) is 0 Å². The average molecular weight is 231 g/mol. The van der Waals surface area contributed by atoms with E-state index in [4.69, 9.17) is 5.11 Å². The van der Waals surface area contributed by atoms with Crippen LogP contribution in [0.4, 0.5) is 0 Å². The molecule has 0 fully saturated rings. The van der Waals surface area contributed by atoms with Crippen LogP contribution in [-0.4, -0.2) is 29.5 Å². The van der Waals surface area contributed by atoms with Crippen LogP contribution in [0, 0.1) is 0 Å². The highest BCUT2D eigenvalue weighted by atomic mass is 79.9. The Balaban J connectivity index is 4.76. The van der Waals surface area contributed by atoms with Crippen LogP contribution < -0.4 is 0 Å². The molecule has 0 aliphatic carbocycles. The van der Waals surface area contributed by atoms with Gasteiger partial charge in [-0.15, -0.1) is 0 Å². The number of alkyl halides is 1. The van der Waals surface area contributed by atoms with E-state index in [2.05, 4.69) is 15.9 Å². The van der Waals surface area contributed by atoms with Crippen LogP contribution in [0.5, 0.6) is 0 Å². The summed E-state index contributed by atoms with van der Waals surface area (Å²) in [6.07, 6.45) is 0.163. The highest BCUT2D eigenvalue weighted by Gasteiger charge is 2.37. The van der Waals surface area contributed by atoms with Gasteiger partial charge >= 0.3 is 0 Å². The van der Waals surface area contributed by atoms with Crippen LogP contribution in [0.25, 0.3) is 0 Å². The Labute approximate surface area is 69.5 Å². The number of hydrogen-bond donors (Lipinski definition) is 1. The highest BCUT2D eigenvalue weighted by Crippen LogP contribution is 2.27. The van der Waals surface area contributed by atoms with E-state index in [1.54, 1.807) is 0 Å². The summed E-state index contributed by atoms with van der Waals surface area (Å²) in [4.78, 5) is 0. The van der Waals surface area contributed by atoms with Crippen LogP contribution >= 0.6 is 15.9 Å². The summed E-state index contributed by atoms with van der Waals surface area (Å²) in [5.41, 5.74) is 0. The second-order valence-corrected chi connectivity index (χ2v) is 7.00. The summed E-state index contributed by atoms with van der Waals surface area (Å²) in [5, 5.41) is 8.99. The van der Waals surface area contributed by atoms with Crippen LogP contribution in [0.1, 0.15) is 13.8 Å². The van der Waals surface area contributed by atoms with Gasteiger partial charge in [0.25, 0.3) is 0 Å². The molecule has 0 amide bonds.